The molecule has 4 rings (SSSR count). The summed E-state index contributed by atoms with van der Waals surface area (Å²) in [5.41, 5.74) is 4.84. The number of aldehydes is 1. The molecule has 0 aliphatic rings. The number of para-hydroxylation sites is 1. The van der Waals surface area contributed by atoms with Gasteiger partial charge >= 0.3 is 0 Å². The third-order valence-electron chi connectivity index (χ3n) is 3.90. The number of carbonyl (C=O) groups is 1. The highest BCUT2D eigenvalue weighted by atomic mass is 16.1. The first-order valence-electron chi connectivity index (χ1n) is 6.92. The fourth-order valence-electron chi connectivity index (χ4n) is 2.95. The molecule has 0 saturated carbocycles. The molecule has 0 spiro atoms. The van der Waals surface area contributed by atoms with Crippen molar-refractivity contribution in [3.8, 4) is 11.1 Å². The molecule has 0 radical (unpaired) electrons. The standard InChI is InChI=1S/C19H13NO/c21-12-14-10-11-16-15-8-4-5-9-17(15)20-19(16)18(14)13-6-2-1-3-7-13/h1-12,20H. The Hall–Kier alpha value is -2.87. The molecule has 100 valence electrons. The van der Waals surface area contributed by atoms with E-state index < -0.39 is 0 Å². The number of aromatic nitrogens is 1. The molecule has 0 atom stereocenters. The zero-order valence-electron chi connectivity index (χ0n) is 11.3. The Morgan fingerprint density at radius 2 is 1.52 bits per heavy atom. The Morgan fingerprint density at radius 1 is 0.762 bits per heavy atom. The van der Waals surface area contributed by atoms with Crippen molar-refractivity contribution in [2.24, 2.45) is 0 Å². The predicted molar refractivity (Wildman–Crippen MR) is 86.6 cm³/mol. The van der Waals surface area contributed by atoms with Crippen molar-refractivity contribution in [1.82, 2.24) is 4.98 Å². The average molecular weight is 271 g/mol. The number of aromatic amines is 1. The Bertz CT molecular complexity index is 951. The molecule has 4 aromatic rings. The first kappa shape index (κ1) is 11.9. The minimum absolute atomic E-state index is 0.709. The van der Waals surface area contributed by atoms with Crippen LogP contribution in [-0.4, -0.2) is 11.3 Å². The van der Waals surface area contributed by atoms with Crippen LogP contribution in [0.4, 0.5) is 0 Å². The number of carbonyl (C=O) groups excluding carboxylic acids is 1. The highest BCUT2D eigenvalue weighted by Crippen LogP contribution is 2.35. The Balaban J connectivity index is 2.18. The molecule has 0 amide bonds. The number of benzene rings is 3. The topological polar surface area (TPSA) is 32.9 Å². The third kappa shape index (κ3) is 1.77. The van der Waals surface area contributed by atoms with Crippen LogP contribution in [0.1, 0.15) is 10.4 Å². The van der Waals surface area contributed by atoms with Gasteiger partial charge in [0, 0.05) is 27.4 Å². The summed E-state index contributed by atoms with van der Waals surface area (Å²) in [6, 6.07) is 22.2. The van der Waals surface area contributed by atoms with Gasteiger partial charge in [0.2, 0.25) is 0 Å². The number of hydrogen-bond donors (Lipinski definition) is 1. The molecular formula is C19H13NO. The Kier molecular flexibility index (Phi) is 2.61. The van der Waals surface area contributed by atoms with Crippen LogP contribution in [0, 0.1) is 0 Å². The average Bonchev–Trinajstić information content (AvgIpc) is 2.93. The van der Waals surface area contributed by atoms with Gasteiger partial charge in [-0.2, -0.15) is 0 Å². The van der Waals surface area contributed by atoms with Crippen LogP contribution in [0.25, 0.3) is 32.9 Å². The highest BCUT2D eigenvalue weighted by molar-refractivity contribution is 6.14. The Labute approximate surface area is 122 Å². The van der Waals surface area contributed by atoms with Gasteiger partial charge in [-0.15, -0.1) is 0 Å². The highest BCUT2D eigenvalue weighted by Gasteiger charge is 2.13. The largest absolute Gasteiger partial charge is 0.354 e. The molecule has 2 nitrogen and oxygen atoms in total. The monoisotopic (exact) mass is 271 g/mol. The van der Waals surface area contributed by atoms with E-state index in [1.165, 1.54) is 5.39 Å². The molecule has 1 N–H and O–H groups in total. The van der Waals surface area contributed by atoms with Gasteiger partial charge in [-0.05, 0) is 11.6 Å². The summed E-state index contributed by atoms with van der Waals surface area (Å²) in [5, 5.41) is 2.33. The van der Waals surface area contributed by atoms with E-state index in [4.69, 9.17) is 0 Å². The van der Waals surface area contributed by atoms with Crippen LogP contribution >= 0.6 is 0 Å². The molecule has 0 fully saturated rings. The molecule has 1 heterocycles. The summed E-state index contributed by atoms with van der Waals surface area (Å²) < 4.78 is 0. The second-order valence-corrected chi connectivity index (χ2v) is 5.11. The van der Waals surface area contributed by atoms with E-state index in [9.17, 15) is 4.79 Å². The fraction of sp³-hybridized carbons (Fsp3) is 0. The summed E-state index contributed by atoms with van der Waals surface area (Å²) in [6.45, 7) is 0. The van der Waals surface area contributed by atoms with E-state index in [0.29, 0.717) is 5.56 Å². The van der Waals surface area contributed by atoms with E-state index in [1.807, 2.05) is 54.6 Å². The predicted octanol–water partition coefficient (Wildman–Crippen LogP) is 4.80. The van der Waals surface area contributed by atoms with Gasteiger partial charge in [0.25, 0.3) is 0 Å². The van der Waals surface area contributed by atoms with E-state index in [1.54, 1.807) is 0 Å². The summed E-state index contributed by atoms with van der Waals surface area (Å²) in [5.74, 6) is 0. The lowest BCUT2D eigenvalue weighted by molar-refractivity contribution is 0.112. The van der Waals surface area contributed by atoms with E-state index in [0.717, 1.165) is 33.8 Å². The van der Waals surface area contributed by atoms with Gasteiger partial charge in [0.05, 0.1) is 5.52 Å². The lowest BCUT2D eigenvalue weighted by Crippen LogP contribution is -1.89. The van der Waals surface area contributed by atoms with E-state index >= 15 is 0 Å². The summed E-state index contributed by atoms with van der Waals surface area (Å²) in [7, 11) is 0. The van der Waals surface area contributed by atoms with E-state index in [2.05, 4.69) is 17.1 Å². The summed E-state index contributed by atoms with van der Waals surface area (Å²) in [4.78, 5) is 14.9. The molecule has 2 heteroatoms. The molecule has 0 bridgehead atoms. The second kappa shape index (κ2) is 4.60. The minimum atomic E-state index is 0.709. The molecule has 0 aliphatic carbocycles. The maximum absolute atomic E-state index is 11.4. The SMILES string of the molecule is O=Cc1ccc2c([nH]c3ccccc32)c1-c1ccccc1. The van der Waals surface area contributed by atoms with Gasteiger partial charge in [0.15, 0.2) is 6.29 Å². The van der Waals surface area contributed by atoms with Crippen molar-refractivity contribution >= 4 is 28.1 Å². The molecule has 21 heavy (non-hydrogen) atoms. The summed E-state index contributed by atoms with van der Waals surface area (Å²) >= 11 is 0. The Morgan fingerprint density at radius 3 is 2.33 bits per heavy atom. The summed E-state index contributed by atoms with van der Waals surface area (Å²) in [6.07, 6.45) is 0.924. The van der Waals surface area contributed by atoms with Gasteiger partial charge < -0.3 is 4.98 Å². The van der Waals surface area contributed by atoms with Gasteiger partial charge in [-0.3, -0.25) is 4.79 Å². The molecule has 3 aromatic carbocycles. The second-order valence-electron chi connectivity index (χ2n) is 5.11. The van der Waals surface area contributed by atoms with Crippen molar-refractivity contribution in [2.45, 2.75) is 0 Å². The van der Waals surface area contributed by atoms with Crippen LogP contribution in [0.5, 0.6) is 0 Å². The lowest BCUT2D eigenvalue weighted by atomic mass is 9.97. The molecule has 0 unspecified atom stereocenters. The quantitative estimate of drug-likeness (QED) is 0.522. The molecule has 1 aromatic heterocycles. The maximum atomic E-state index is 11.4. The van der Waals surface area contributed by atoms with Crippen molar-refractivity contribution < 1.29 is 4.79 Å². The minimum Gasteiger partial charge on any atom is -0.354 e. The van der Waals surface area contributed by atoms with Gasteiger partial charge in [-0.1, -0.05) is 60.7 Å². The zero-order chi connectivity index (χ0) is 14.2. The first-order chi connectivity index (χ1) is 10.4. The van der Waals surface area contributed by atoms with E-state index in [-0.39, 0.29) is 0 Å². The zero-order valence-corrected chi connectivity index (χ0v) is 11.3. The van der Waals surface area contributed by atoms with Crippen LogP contribution < -0.4 is 0 Å². The molecular weight excluding hydrogens is 258 g/mol. The molecule has 0 saturated heterocycles. The van der Waals surface area contributed by atoms with Gasteiger partial charge in [0.1, 0.15) is 0 Å². The third-order valence-corrected chi connectivity index (χ3v) is 3.90. The van der Waals surface area contributed by atoms with Crippen LogP contribution in [0.15, 0.2) is 66.7 Å². The van der Waals surface area contributed by atoms with Crippen molar-refractivity contribution in [3.63, 3.8) is 0 Å². The van der Waals surface area contributed by atoms with Gasteiger partial charge in [-0.25, -0.2) is 0 Å². The molecule has 0 aliphatic heterocycles. The number of rotatable bonds is 2. The smallest absolute Gasteiger partial charge is 0.150 e. The van der Waals surface area contributed by atoms with Crippen LogP contribution in [-0.2, 0) is 0 Å². The van der Waals surface area contributed by atoms with Crippen molar-refractivity contribution in [3.05, 3.63) is 72.3 Å². The fourth-order valence-corrected chi connectivity index (χ4v) is 2.95. The van der Waals surface area contributed by atoms with Crippen molar-refractivity contribution in [1.29, 1.82) is 0 Å². The maximum Gasteiger partial charge on any atom is 0.150 e. The first-order valence-corrected chi connectivity index (χ1v) is 6.92. The number of fused-ring (bicyclic) bond motifs is 3. The number of hydrogen-bond acceptors (Lipinski definition) is 1. The number of nitrogens with one attached hydrogen (secondary N) is 1. The van der Waals surface area contributed by atoms with Crippen LogP contribution in [0.2, 0.25) is 0 Å². The normalized spacial score (nSPS) is 11.0. The lowest BCUT2D eigenvalue weighted by Gasteiger charge is -2.07. The van der Waals surface area contributed by atoms with Crippen LogP contribution in [0.3, 0.4) is 0 Å². The number of H-pyrrole nitrogens is 1. The van der Waals surface area contributed by atoms with Crippen molar-refractivity contribution in [2.75, 3.05) is 0 Å².